The number of carbonyl (C=O) groups excluding carboxylic acids is 1. The third-order valence-corrected chi connectivity index (χ3v) is 3.35. The first-order chi connectivity index (χ1) is 8.51. The van der Waals surface area contributed by atoms with Gasteiger partial charge in [0.25, 0.3) is 0 Å². The molecule has 1 atom stereocenters. The van der Waals surface area contributed by atoms with Crippen LogP contribution in [0.3, 0.4) is 0 Å². The van der Waals surface area contributed by atoms with E-state index in [1.165, 1.54) is 7.11 Å². The molecule has 1 fully saturated rings. The molecule has 5 heteroatoms. The quantitative estimate of drug-likeness (QED) is 0.709. The van der Waals surface area contributed by atoms with E-state index in [1.807, 2.05) is 0 Å². The van der Waals surface area contributed by atoms with Gasteiger partial charge in [-0.25, -0.2) is 0 Å². The van der Waals surface area contributed by atoms with Gasteiger partial charge in [0.05, 0.1) is 20.3 Å². The van der Waals surface area contributed by atoms with Crippen molar-refractivity contribution in [3.63, 3.8) is 0 Å². The molecule has 1 heterocycles. The Bertz CT molecular complexity index is 269. The van der Waals surface area contributed by atoms with E-state index in [1.54, 1.807) is 0 Å². The molecule has 0 bridgehead atoms. The van der Waals surface area contributed by atoms with Gasteiger partial charge in [0.2, 0.25) is 0 Å². The Morgan fingerprint density at radius 2 is 2.28 bits per heavy atom. The van der Waals surface area contributed by atoms with Crippen LogP contribution in [0.15, 0.2) is 0 Å². The highest BCUT2D eigenvalue weighted by Crippen LogP contribution is 2.19. The molecule has 0 amide bonds. The molecule has 1 rings (SSSR count). The van der Waals surface area contributed by atoms with E-state index in [0.29, 0.717) is 13.2 Å². The van der Waals surface area contributed by atoms with E-state index in [2.05, 4.69) is 31.0 Å². The van der Waals surface area contributed by atoms with Gasteiger partial charge in [0, 0.05) is 18.6 Å². The largest absolute Gasteiger partial charge is 0.468 e. The van der Waals surface area contributed by atoms with Gasteiger partial charge in [-0.05, 0) is 26.8 Å². The molecule has 106 valence electrons. The average molecular weight is 258 g/mol. The first-order valence-corrected chi connectivity index (χ1v) is 6.65. The second-order valence-electron chi connectivity index (χ2n) is 5.34. The van der Waals surface area contributed by atoms with Crippen molar-refractivity contribution in [3.05, 3.63) is 0 Å². The van der Waals surface area contributed by atoms with Crippen LogP contribution in [0.5, 0.6) is 0 Å². The number of esters is 1. The molecule has 0 aromatic heterocycles. The lowest BCUT2D eigenvalue weighted by Gasteiger charge is -2.43. The summed E-state index contributed by atoms with van der Waals surface area (Å²) in [5.41, 5.74) is -0.0293. The summed E-state index contributed by atoms with van der Waals surface area (Å²) < 4.78 is 10.3. The molecule has 1 unspecified atom stereocenters. The van der Waals surface area contributed by atoms with Crippen molar-refractivity contribution in [2.24, 2.45) is 0 Å². The molecule has 5 nitrogen and oxygen atoms in total. The van der Waals surface area contributed by atoms with Crippen LogP contribution in [0.2, 0.25) is 0 Å². The van der Waals surface area contributed by atoms with Crippen LogP contribution in [-0.4, -0.2) is 62.4 Å². The Kier molecular flexibility index (Phi) is 6.05. The van der Waals surface area contributed by atoms with Crippen molar-refractivity contribution in [1.29, 1.82) is 0 Å². The molecule has 1 aliphatic heterocycles. The SMILES string of the molecule is CCCNC(CN1CCOCC1(C)C)C(=O)OC. The molecule has 0 aliphatic carbocycles. The van der Waals surface area contributed by atoms with Crippen molar-refractivity contribution >= 4 is 5.97 Å². The zero-order chi connectivity index (χ0) is 13.6. The average Bonchev–Trinajstić information content (AvgIpc) is 2.35. The van der Waals surface area contributed by atoms with Crippen molar-refractivity contribution in [3.8, 4) is 0 Å². The maximum absolute atomic E-state index is 11.8. The lowest BCUT2D eigenvalue weighted by Crippen LogP contribution is -2.58. The first-order valence-electron chi connectivity index (χ1n) is 6.65. The molecule has 1 N–H and O–H groups in total. The maximum atomic E-state index is 11.8. The number of nitrogens with zero attached hydrogens (tertiary/aromatic N) is 1. The minimum atomic E-state index is -0.257. The monoisotopic (exact) mass is 258 g/mol. The smallest absolute Gasteiger partial charge is 0.324 e. The van der Waals surface area contributed by atoms with E-state index in [0.717, 1.165) is 26.1 Å². The molecule has 1 aliphatic rings. The number of rotatable bonds is 6. The van der Waals surface area contributed by atoms with E-state index >= 15 is 0 Å². The number of nitrogens with one attached hydrogen (secondary N) is 1. The third kappa shape index (κ3) is 4.23. The van der Waals surface area contributed by atoms with Gasteiger partial charge in [0.15, 0.2) is 0 Å². The normalized spacial score (nSPS) is 21.6. The Labute approximate surface area is 110 Å². The lowest BCUT2D eigenvalue weighted by molar-refractivity contribution is -0.145. The number of hydrogen-bond donors (Lipinski definition) is 1. The van der Waals surface area contributed by atoms with Gasteiger partial charge in [0.1, 0.15) is 6.04 Å². The van der Waals surface area contributed by atoms with Crippen LogP contribution >= 0.6 is 0 Å². The molecular formula is C13H26N2O3. The number of ether oxygens (including phenoxy) is 2. The first kappa shape index (κ1) is 15.4. The number of morpholine rings is 1. The van der Waals surface area contributed by atoms with E-state index in [9.17, 15) is 4.79 Å². The van der Waals surface area contributed by atoms with E-state index in [4.69, 9.17) is 9.47 Å². The van der Waals surface area contributed by atoms with Gasteiger partial charge < -0.3 is 14.8 Å². The summed E-state index contributed by atoms with van der Waals surface area (Å²) in [6, 6.07) is -0.257. The van der Waals surface area contributed by atoms with Crippen LogP contribution in [0.25, 0.3) is 0 Å². The van der Waals surface area contributed by atoms with Gasteiger partial charge in [-0.3, -0.25) is 9.69 Å². The fraction of sp³-hybridized carbons (Fsp3) is 0.923. The standard InChI is InChI=1S/C13H26N2O3/c1-5-6-14-11(12(16)17-4)9-15-7-8-18-10-13(15,2)3/h11,14H,5-10H2,1-4H3. The van der Waals surface area contributed by atoms with Crippen molar-refractivity contribution in [1.82, 2.24) is 10.2 Å². The van der Waals surface area contributed by atoms with Gasteiger partial charge in [-0.15, -0.1) is 0 Å². The van der Waals surface area contributed by atoms with Crippen molar-refractivity contribution in [2.45, 2.75) is 38.8 Å². The summed E-state index contributed by atoms with van der Waals surface area (Å²) in [7, 11) is 1.44. The van der Waals surface area contributed by atoms with Crippen LogP contribution in [0, 0.1) is 0 Å². The summed E-state index contributed by atoms with van der Waals surface area (Å²) in [5.74, 6) is -0.189. The van der Waals surface area contributed by atoms with E-state index < -0.39 is 0 Å². The number of methoxy groups -OCH3 is 1. The Balaban J connectivity index is 2.60. The highest BCUT2D eigenvalue weighted by atomic mass is 16.5. The van der Waals surface area contributed by atoms with Gasteiger partial charge in [-0.1, -0.05) is 6.92 Å². The summed E-state index contributed by atoms with van der Waals surface area (Å²) in [5, 5.41) is 3.25. The molecule has 18 heavy (non-hydrogen) atoms. The lowest BCUT2D eigenvalue weighted by atomic mass is 10.0. The van der Waals surface area contributed by atoms with Crippen LogP contribution in [0.4, 0.5) is 0 Å². The molecule has 0 aromatic carbocycles. The minimum Gasteiger partial charge on any atom is -0.468 e. The minimum absolute atomic E-state index is 0.0293. The van der Waals surface area contributed by atoms with Gasteiger partial charge in [-0.2, -0.15) is 0 Å². The molecule has 0 saturated carbocycles. The zero-order valence-electron chi connectivity index (χ0n) is 12.0. The Hall–Kier alpha value is -0.650. The van der Waals surface area contributed by atoms with Crippen LogP contribution in [0.1, 0.15) is 27.2 Å². The fourth-order valence-electron chi connectivity index (χ4n) is 2.13. The molecular weight excluding hydrogens is 232 g/mol. The van der Waals surface area contributed by atoms with Crippen LogP contribution in [-0.2, 0) is 14.3 Å². The Morgan fingerprint density at radius 1 is 1.56 bits per heavy atom. The predicted octanol–water partition coefficient (Wildman–Crippen LogP) is 0.638. The fourth-order valence-corrected chi connectivity index (χ4v) is 2.13. The molecule has 0 aromatic rings. The summed E-state index contributed by atoms with van der Waals surface area (Å²) in [4.78, 5) is 14.1. The second-order valence-corrected chi connectivity index (χ2v) is 5.34. The van der Waals surface area contributed by atoms with Crippen molar-refractivity contribution in [2.75, 3.05) is 40.0 Å². The molecule has 0 spiro atoms. The highest BCUT2D eigenvalue weighted by Gasteiger charge is 2.33. The maximum Gasteiger partial charge on any atom is 0.324 e. The van der Waals surface area contributed by atoms with Crippen molar-refractivity contribution < 1.29 is 14.3 Å². The highest BCUT2D eigenvalue weighted by molar-refractivity contribution is 5.75. The third-order valence-electron chi connectivity index (χ3n) is 3.35. The van der Waals surface area contributed by atoms with Gasteiger partial charge >= 0.3 is 5.97 Å². The number of carbonyl (C=O) groups is 1. The molecule has 0 radical (unpaired) electrons. The summed E-state index contributed by atoms with van der Waals surface area (Å²) in [6.07, 6.45) is 1.000. The summed E-state index contributed by atoms with van der Waals surface area (Å²) >= 11 is 0. The predicted molar refractivity (Wildman–Crippen MR) is 70.6 cm³/mol. The van der Waals surface area contributed by atoms with Crippen LogP contribution < -0.4 is 5.32 Å². The molecule has 1 saturated heterocycles. The van der Waals surface area contributed by atoms with E-state index in [-0.39, 0.29) is 17.6 Å². The Morgan fingerprint density at radius 3 is 2.83 bits per heavy atom. The topological polar surface area (TPSA) is 50.8 Å². The number of hydrogen-bond acceptors (Lipinski definition) is 5. The summed E-state index contributed by atoms with van der Waals surface area (Å²) in [6.45, 7) is 10.1. The second kappa shape index (κ2) is 7.07. The zero-order valence-corrected chi connectivity index (χ0v) is 12.0.